The average Bonchev–Trinajstić information content (AvgIpc) is 3.05. The first-order chi connectivity index (χ1) is 23.9. The van der Waals surface area contributed by atoms with E-state index in [2.05, 4.69) is 20.5 Å². The summed E-state index contributed by atoms with van der Waals surface area (Å²) in [6.07, 6.45) is 1.32. The third-order valence-electron chi connectivity index (χ3n) is 8.31. The molecule has 50 heavy (non-hydrogen) atoms. The van der Waals surface area contributed by atoms with Crippen molar-refractivity contribution in [2.45, 2.75) is 58.7 Å². The number of carbonyl (C=O) groups excluding carboxylic acids is 3. The van der Waals surface area contributed by atoms with Crippen LogP contribution in [0.25, 0.3) is 0 Å². The smallest absolute Gasteiger partial charge is 0.326 e. The van der Waals surface area contributed by atoms with Crippen LogP contribution in [-0.4, -0.2) is 52.9 Å². The Labute approximate surface area is 288 Å². The first-order valence-corrected chi connectivity index (χ1v) is 16.3. The third kappa shape index (κ3) is 9.17. The van der Waals surface area contributed by atoms with E-state index < -0.39 is 40.6 Å². The molecule has 4 N–H and O–H groups in total. The molecule has 4 aromatic rings. The summed E-state index contributed by atoms with van der Waals surface area (Å²) in [5.41, 5.74) is 7.13. The van der Waals surface area contributed by atoms with Gasteiger partial charge in [-0.2, -0.15) is 0 Å². The topological polar surface area (TPSA) is 130 Å². The van der Waals surface area contributed by atoms with Crippen LogP contribution in [0.5, 0.6) is 11.6 Å². The molecule has 0 spiro atoms. The van der Waals surface area contributed by atoms with E-state index in [0.29, 0.717) is 50.2 Å². The van der Waals surface area contributed by atoms with Gasteiger partial charge in [0.05, 0.1) is 17.7 Å². The molecule has 4 amide bonds. The summed E-state index contributed by atoms with van der Waals surface area (Å²) in [7, 11) is 0. The number of aryl methyl sites for hydroxylation is 1. The molecule has 0 radical (unpaired) electrons. The first kappa shape index (κ1) is 35.9. The number of pyridine rings is 1. The van der Waals surface area contributed by atoms with Crippen molar-refractivity contribution in [1.82, 2.24) is 15.2 Å². The molecule has 0 bridgehead atoms. The summed E-state index contributed by atoms with van der Waals surface area (Å²) >= 11 is 0. The van der Waals surface area contributed by atoms with E-state index in [0.717, 1.165) is 22.9 Å². The highest BCUT2D eigenvalue weighted by Gasteiger charge is 2.31. The lowest BCUT2D eigenvalue weighted by Crippen LogP contribution is -2.49. The normalized spacial score (nSPS) is 13.6. The number of hydrogen-bond acceptors (Lipinski definition) is 6. The summed E-state index contributed by atoms with van der Waals surface area (Å²) in [6, 6.07) is 16.8. The molecule has 10 nitrogen and oxygen atoms in total. The van der Waals surface area contributed by atoms with Gasteiger partial charge in [0.15, 0.2) is 0 Å². The SMILES string of the molecule is Cc1nc(Oc2ccc(CC(=O)NC(C)C)cc2)ccc1CN1CCC(N(C(=O)Nc2cc(C(N)=O)c(F)cc2F)c2cccc(F)c2)CC1. The number of halogens is 3. The van der Waals surface area contributed by atoms with Gasteiger partial charge in [0.25, 0.3) is 5.91 Å². The number of primary amides is 1. The van der Waals surface area contributed by atoms with Gasteiger partial charge in [-0.1, -0.05) is 24.3 Å². The average molecular weight is 689 g/mol. The van der Waals surface area contributed by atoms with Crippen LogP contribution in [0.2, 0.25) is 0 Å². The summed E-state index contributed by atoms with van der Waals surface area (Å²) in [5, 5.41) is 5.29. The Morgan fingerprint density at radius 1 is 0.980 bits per heavy atom. The lowest BCUT2D eigenvalue weighted by Gasteiger charge is -2.38. The standard InChI is InChI=1S/C37H39F3N6O4/c1-22(2)42-34(47)17-24-7-10-29(11-8-24)50-35-12-9-25(23(3)43-35)21-45-15-13-27(14-16-45)46(28-6-4-5-26(38)18-28)37(49)44-33-19-30(36(41)48)31(39)20-32(33)40/h4-12,18-20,22,27H,13-17,21H2,1-3H3,(H2,41,48)(H,42,47)(H,44,49). The number of hydrogen-bond donors (Lipinski definition) is 3. The Morgan fingerprint density at radius 2 is 1.70 bits per heavy atom. The Hall–Kier alpha value is -5.43. The molecule has 0 atom stereocenters. The van der Waals surface area contributed by atoms with Crippen LogP contribution in [0.1, 0.15) is 53.9 Å². The molecule has 1 aromatic heterocycles. The number of urea groups is 1. The van der Waals surface area contributed by atoms with Gasteiger partial charge in [0.1, 0.15) is 23.2 Å². The van der Waals surface area contributed by atoms with Crippen molar-refractivity contribution in [1.29, 1.82) is 0 Å². The quantitative estimate of drug-likeness (QED) is 0.166. The molecule has 2 heterocycles. The van der Waals surface area contributed by atoms with Gasteiger partial charge in [0, 0.05) is 55.2 Å². The molecular formula is C37H39F3N6O4. The number of ether oxygens (including phenoxy) is 1. The zero-order valence-electron chi connectivity index (χ0n) is 28.0. The van der Waals surface area contributed by atoms with Gasteiger partial charge in [-0.15, -0.1) is 0 Å². The molecule has 1 aliphatic rings. The van der Waals surface area contributed by atoms with E-state index in [4.69, 9.17) is 10.5 Å². The first-order valence-electron chi connectivity index (χ1n) is 16.3. The second-order valence-electron chi connectivity index (χ2n) is 12.5. The molecule has 0 saturated carbocycles. The Kier molecular flexibility index (Phi) is 11.4. The maximum atomic E-state index is 14.6. The Morgan fingerprint density at radius 3 is 2.34 bits per heavy atom. The second kappa shape index (κ2) is 15.9. The number of nitrogens with one attached hydrogen (secondary N) is 2. The molecule has 0 unspecified atom stereocenters. The maximum Gasteiger partial charge on any atom is 0.326 e. The van der Waals surface area contributed by atoms with Gasteiger partial charge >= 0.3 is 6.03 Å². The molecular weight excluding hydrogens is 649 g/mol. The summed E-state index contributed by atoms with van der Waals surface area (Å²) in [6.45, 7) is 7.53. The largest absolute Gasteiger partial charge is 0.439 e. The molecule has 3 aromatic carbocycles. The highest BCUT2D eigenvalue weighted by Crippen LogP contribution is 2.29. The number of piperidine rings is 1. The van der Waals surface area contributed by atoms with Crippen molar-refractivity contribution in [2.75, 3.05) is 23.3 Å². The third-order valence-corrected chi connectivity index (χ3v) is 8.31. The zero-order valence-corrected chi connectivity index (χ0v) is 28.0. The Bertz CT molecular complexity index is 1860. The van der Waals surface area contributed by atoms with Crippen molar-refractivity contribution in [3.05, 3.63) is 113 Å². The van der Waals surface area contributed by atoms with Crippen LogP contribution < -0.4 is 26.0 Å². The molecule has 262 valence electrons. The van der Waals surface area contributed by atoms with Crippen molar-refractivity contribution < 1.29 is 32.3 Å². The summed E-state index contributed by atoms with van der Waals surface area (Å²) in [4.78, 5) is 45.4. The minimum absolute atomic E-state index is 0.0416. The lowest BCUT2D eigenvalue weighted by atomic mass is 10.0. The highest BCUT2D eigenvalue weighted by molar-refractivity contribution is 6.03. The minimum atomic E-state index is -1.15. The van der Waals surface area contributed by atoms with Crippen LogP contribution >= 0.6 is 0 Å². The number of amides is 4. The van der Waals surface area contributed by atoms with Crippen LogP contribution in [0, 0.1) is 24.4 Å². The molecule has 1 fully saturated rings. The molecule has 1 saturated heterocycles. The maximum absolute atomic E-state index is 14.6. The van der Waals surface area contributed by atoms with E-state index in [-0.39, 0.29) is 30.1 Å². The van der Waals surface area contributed by atoms with E-state index >= 15 is 0 Å². The van der Waals surface area contributed by atoms with Crippen molar-refractivity contribution in [2.24, 2.45) is 5.73 Å². The number of anilines is 2. The lowest BCUT2D eigenvalue weighted by molar-refractivity contribution is -0.120. The molecule has 13 heteroatoms. The van der Waals surface area contributed by atoms with E-state index in [1.54, 1.807) is 24.3 Å². The molecule has 1 aliphatic heterocycles. The number of carbonyl (C=O) groups is 3. The zero-order chi connectivity index (χ0) is 35.9. The van der Waals surface area contributed by atoms with E-state index in [1.165, 1.54) is 23.1 Å². The monoisotopic (exact) mass is 688 g/mol. The number of benzene rings is 3. The highest BCUT2D eigenvalue weighted by atomic mass is 19.1. The van der Waals surface area contributed by atoms with Crippen molar-refractivity contribution in [3.63, 3.8) is 0 Å². The molecule has 5 rings (SSSR count). The van der Waals surface area contributed by atoms with Gasteiger partial charge in [-0.05, 0) is 81.1 Å². The predicted molar refractivity (Wildman–Crippen MR) is 184 cm³/mol. The van der Waals surface area contributed by atoms with Crippen LogP contribution in [0.15, 0.2) is 72.8 Å². The van der Waals surface area contributed by atoms with Gasteiger partial charge < -0.3 is 21.1 Å². The minimum Gasteiger partial charge on any atom is -0.439 e. The number of nitrogens with zero attached hydrogens (tertiary/aromatic N) is 3. The summed E-state index contributed by atoms with van der Waals surface area (Å²) < 4.78 is 48.9. The van der Waals surface area contributed by atoms with E-state index in [9.17, 15) is 27.6 Å². The van der Waals surface area contributed by atoms with Crippen molar-refractivity contribution in [3.8, 4) is 11.6 Å². The fourth-order valence-corrected chi connectivity index (χ4v) is 5.85. The van der Waals surface area contributed by atoms with E-state index in [1.807, 2.05) is 39.0 Å². The second-order valence-corrected chi connectivity index (χ2v) is 12.5. The Balaban J connectivity index is 1.21. The van der Waals surface area contributed by atoms with Crippen molar-refractivity contribution >= 4 is 29.2 Å². The predicted octanol–water partition coefficient (Wildman–Crippen LogP) is 6.47. The molecule has 0 aliphatic carbocycles. The fraction of sp³-hybridized carbons (Fsp3) is 0.297. The number of rotatable bonds is 11. The van der Waals surface area contributed by atoms with Crippen LogP contribution in [0.3, 0.4) is 0 Å². The number of nitrogens with two attached hydrogens (primary N) is 1. The number of aromatic nitrogens is 1. The van der Waals surface area contributed by atoms with Gasteiger partial charge in [-0.25, -0.2) is 22.9 Å². The summed E-state index contributed by atoms with van der Waals surface area (Å²) in [5.74, 6) is -2.91. The van der Waals surface area contributed by atoms with Crippen LogP contribution in [0.4, 0.5) is 29.3 Å². The van der Waals surface area contributed by atoms with Gasteiger partial charge in [-0.3, -0.25) is 19.4 Å². The number of likely N-dealkylation sites (tertiary alicyclic amines) is 1. The van der Waals surface area contributed by atoms with Gasteiger partial charge in [0.2, 0.25) is 11.8 Å². The fourth-order valence-electron chi connectivity index (χ4n) is 5.85. The van der Waals surface area contributed by atoms with Crippen LogP contribution in [-0.2, 0) is 17.8 Å².